The van der Waals surface area contributed by atoms with Crippen LogP contribution in [0.4, 0.5) is 10.5 Å². The van der Waals surface area contributed by atoms with Crippen molar-refractivity contribution >= 4 is 17.7 Å². The van der Waals surface area contributed by atoms with Crippen LogP contribution in [0.1, 0.15) is 42.5 Å². The van der Waals surface area contributed by atoms with E-state index in [4.69, 9.17) is 4.74 Å². The van der Waals surface area contributed by atoms with Crippen molar-refractivity contribution in [2.24, 2.45) is 0 Å². The van der Waals surface area contributed by atoms with Gasteiger partial charge in [0.05, 0.1) is 18.4 Å². The lowest BCUT2D eigenvalue weighted by Crippen LogP contribution is -2.52. The predicted molar refractivity (Wildman–Crippen MR) is 106 cm³/mol. The Balaban J connectivity index is 1.48. The number of urea groups is 1. The van der Waals surface area contributed by atoms with Crippen molar-refractivity contribution in [3.05, 3.63) is 41.5 Å². The lowest BCUT2D eigenvalue weighted by Gasteiger charge is -2.36. The van der Waals surface area contributed by atoms with E-state index >= 15 is 0 Å². The van der Waals surface area contributed by atoms with E-state index in [1.165, 1.54) is 38.4 Å². The number of benzene rings is 1. The second kappa shape index (κ2) is 9.44. The number of carbonyl (C=O) groups is 2. The Hall–Kier alpha value is -2.50. The topological polar surface area (TPSA) is 61.9 Å². The number of para-hydroxylation sites is 1. The molecule has 6 heteroatoms. The van der Waals surface area contributed by atoms with Crippen LogP contribution in [0, 0.1) is 0 Å². The molecule has 0 radical (unpaired) electrons. The maximum absolute atomic E-state index is 12.4. The number of anilines is 1. The van der Waals surface area contributed by atoms with Gasteiger partial charge in [-0.1, -0.05) is 23.8 Å². The molecule has 6 nitrogen and oxygen atoms in total. The molecule has 3 rings (SSSR count). The Morgan fingerprint density at radius 1 is 1.11 bits per heavy atom. The van der Waals surface area contributed by atoms with Crippen molar-refractivity contribution in [2.75, 3.05) is 44.7 Å². The van der Waals surface area contributed by atoms with Gasteiger partial charge in [-0.25, -0.2) is 9.59 Å². The summed E-state index contributed by atoms with van der Waals surface area (Å²) in [5, 5.41) is 3.05. The highest BCUT2D eigenvalue weighted by molar-refractivity contribution is 5.95. The minimum atomic E-state index is -0.331. The summed E-state index contributed by atoms with van der Waals surface area (Å²) >= 11 is 0. The first-order valence-electron chi connectivity index (χ1n) is 9.82. The molecule has 1 aromatic carbocycles. The smallest absolute Gasteiger partial charge is 0.339 e. The van der Waals surface area contributed by atoms with Crippen molar-refractivity contribution in [3.63, 3.8) is 0 Å². The summed E-state index contributed by atoms with van der Waals surface area (Å²) in [6.45, 7) is 3.39. The van der Waals surface area contributed by atoms with Gasteiger partial charge in [0.1, 0.15) is 0 Å². The highest BCUT2D eigenvalue weighted by Gasteiger charge is 2.24. The first kappa shape index (κ1) is 19.3. The molecule has 27 heavy (non-hydrogen) atoms. The number of rotatable bonds is 5. The molecule has 0 bridgehead atoms. The fraction of sp³-hybridized carbons (Fsp3) is 0.524. The van der Waals surface area contributed by atoms with Crippen LogP contribution < -0.4 is 10.2 Å². The van der Waals surface area contributed by atoms with Crippen LogP contribution in [0.3, 0.4) is 0 Å². The first-order valence-corrected chi connectivity index (χ1v) is 9.82. The Bertz CT molecular complexity index is 694. The van der Waals surface area contributed by atoms with E-state index in [1.807, 2.05) is 23.1 Å². The van der Waals surface area contributed by atoms with Crippen LogP contribution in [0.25, 0.3) is 0 Å². The SMILES string of the molecule is COC(=O)c1ccccc1N1CCN(C(=O)NCCC2=CCCCC2)CC1. The molecule has 1 aromatic rings. The molecule has 1 heterocycles. The molecule has 146 valence electrons. The lowest BCUT2D eigenvalue weighted by atomic mass is 9.97. The van der Waals surface area contributed by atoms with Crippen LogP contribution >= 0.6 is 0 Å². The molecule has 1 aliphatic carbocycles. The third-order valence-electron chi connectivity index (χ3n) is 5.32. The van der Waals surface area contributed by atoms with Crippen molar-refractivity contribution in [1.82, 2.24) is 10.2 Å². The monoisotopic (exact) mass is 371 g/mol. The zero-order valence-electron chi connectivity index (χ0n) is 16.1. The minimum absolute atomic E-state index is 0.00677. The number of carbonyl (C=O) groups excluding carboxylic acids is 2. The summed E-state index contributed by atoms with van der Waals surface area (Å²) in [4.78, 5) is 28.4. The zero-order chi connectivity index (χ0) is 19.1. The number of ether oxygens (including phenoxy) is 1. The molecular formula is C21H29N3O3. The average Bonchev–Trinajstić information content (AvgIpc) is 2.74. The standard InChI is InChI=1S/C21H29N3O3/c1-27-20(25)18-9-5-6-10-19(18)23-13-15-24(16-14-23)21(26)22-12-11-17-7-3-2-4-8-17/h5-7,9-10H,2-4,8,11-16H2,1H3,(H,22,26). The minimum Gasteiger partial charge on any atom is -0.465 e. The highest BCUT2D eigenvalue weighted by atomic mass is 16.5. The van der Waals surface area contributed by atoms with Gasteiger partial charge in [-0.15, -0.1) is 0 Å². The maximum Gasteiger partial charge on any atom is 0.339 e. The molecule has 2 amide bonds. The predicted octanol–water partition coefficient (Wildman–Crippen LogP) is 3.20. The number of hydrogen-bond donors (Lipinski definition) is 1. The molecule has 0 atom stereocenters. The van der Waals surface area contributed by atoms with Gasteiger partial charge >= 0.3 is 12.0 Å². The van der Waals surface area contributed by atoms with E-state index < -0.39 is 0 Å². The van der Waals surface area contributed by atoms with Gasteiger partial charge in [0.25, 0.3) is 0 Å². The van der Waals surface area contributed by atoms with E-state index in [9.17, 15) is 9.59 Å². The molecule has 1 aliphatic heterocycles. The van der Waals surface area contributed by atoms with Crippen molar-refractivity contribution in [1.29, 1.82) is 0 Å². The van der Waals surface area contributed by atoms with Gasteiger partial charge < -0.3 is 19.9 Å². The van der Waals surface area contributed by atoms with Gasteiger partial charge in [0, 0.05) is 32.7 Å². The molecule has 0 aromatic heterocycles. The lowest BCUT2D eigenvalue weighted by molar-refractivity contribution is 0.0601. The van der Waals surface area contributed by atoms with Crippen LogP contribution in [-0.4, -0.2) is 56.7 Å². The molecule has 1 N–H and O–H groups in total. The van der Waals surface area contributed by atoms with Crippen LogP contribution in [0.5, 0.6) is 0 Å². The van der Waals surface area contributed by atoms with Gasteiger partial charge in [-0.05, 0) is 44.2 Å². The van der Waals surface area contributed by atoms with E-state index in [-0.39, 0.29) is 12.0 Å². The number of hydrogen-bond acceptors (Lipinski definition) is 4. The van der Waals surface area contributed by atoms with Crippen molar-refractivity contribution < 1.29 is 14.3 Å². The fourth-order valence-electron chi connectivity index (χ4n) is 3.76. The number of nitrogens with one attached hydrogen (secondary N) is 1. The van der Waals surface area contributed by atoms with Gasteiger partial charge in [-0.3, -0.25) is 0 Å². The summed E-state index contributed by atoms with van der Waals surface area (Å²) in [5.74, 6) is -0.331. The van der Waals surface area contributed by atoms with Gasteiger partial charge in [0.2, 0.25) is 0 Å². The third kappa shape index (κ3) is 5.02. The molecule has 0 unspecified atom stereocenters. The number of esters is 1. The van der Waals surface area contributed by atoms with Crippen molar-refractivity contribution in [2.45, 2.75) is 32.1 Å². The molecular weight excluding hydrogens is 342 g/mol. The van der Waals surface area contributed by atoms with Gasteiger partial charge in [-0.2, -0.15) is 0 Å². The van der Waals surface area contributed by atoms with E-state index in [2.05, 4.69) is 16.3 Å². The first-order chi connectivity index (χ1) is 13.2. The Kier molecular flexibility index (Phi) is 6.74. The van der Waals surface area contributed by atoms with Crippen LogP contribution in [0.15, 0.2) is 35.9 Å². The van der Waals surface area contributed by atoms with E-state index in [0.717, 1.165) is 12.1 Å². The Labute approximate surface area is 161 Å². The summed E-state index contributed by atoms with van der Waals surface area (Å²) in [6, 6.07) is 7.47. The fourth-order valence-corrected chi connectivity index (χ4v) is 3.76. The normalized spacial score (nSPS) is 17.3. The largest absolute Gasteiger partial charge is 0.465 e. The molecule has 1 saturated heterocycles. The van der Waals surface area contributed by atoms with E-state index in [1.54, 1.807) is 6.07 Å². The Morgan fingerprint density at radius 2 is 1.89 bits per heavy atom. The summed E-state index contributed by atoms with van der Waals surface area (Å²) < 4.78 is 4.88. The molecule has 0 saturated carbocycles. The summed E-state index contributed by atoms with van der Waals surface area (Å²) in [7, 11) is 1.39. The number of allylic oxidation sites excluding steroid dienone is 1. The van der Waals surface area contributed by atoms with Crippen molar-refractivity contribution in [3.8, 4) is 0 Å². The number of methoxy groups -OCH3 is 1. The maximum atomic E-state index is 12.4. The quantitative estimate of drug-likeness (QED) is 0.638. The average molecular weight is 371 g/mol. The molecule has 0 spiro atoms. The Morgan fingerprint density at radius 3 is 2.59 bits per heavy atom. The summed E-state index contributed by atoms with van der Waals surface area (Å²) in [5.41, 5.74) is 2.91. The van der Waals surface area contributed by atoms with Crippen LogP contribution in [-0.2, 0) is 4.74 Å². The second-order valence-corrected chi connectivity index (χ2v) is 7.07. The highest BCUT2D eigenvalue weighted by Crippen LogP contribution is 2.23. The second-order valence-electron chi connectivity index (χ2n) is 7.07. The number of nitrogens with zero attached hydrogens (tertiary/aromatic N) is 2. The molecule has 1 fully saturated rings. The summed E-state index contributed by atoms with van der Waals surface area (Å²) in [6.07, 6.45) is 8.20. The van der Waals surface area contributed by atoms with Gasteiger partial charge in [0.15, 0.2) is 0 Å². The zero-order valence-corrected chi connectivity index (χ0v) is 16.1. The van der Waals surface area contributed by atoms with E-state index in [0.29, 0.717) is 38.3 Å². The third-order valence-corrected chi connectivity index (χ3v) is 5.32. The number of piperazine rings is 1. The number of amides is 2. The molecule has 2 aliphatic rings. The van der Waals surface area contributed by atoms with Crippen LogP contribution in [0.2, 0.25) is 0 Å².